The fourth-order valence-electron chi connectivity index (χ4n) is 4.16. The van der Waals surface area contributed by atoms with Crippen LogP contribution in [0.25, 0.3) is 11.7 Å². The van der Waals surface area contributed by atoms with Gasteiger partial charge in [-0.3, -0.25) is 23.8 Å². The highest BCUT2D eigenvalue weighted by Crippen LogP contribution is 2.35. The van der Waals surface area contributed by atoms with Gasteiger partial charge in [-0.25, -0.2) is 4.98 Å². The second-order valence-corrected chi connectivity index (χ2v) is 11.3. The molecule has 0 radical (unpaired) electrons. The van der Waals surface area contributed by atoms with Crippen LogP contribution in [-0.2, 0) is 20.9 Å². The molecule has 2 N–H and O–H groups in total. The van der Waals surface area contributed by atoms with E-state index in [0.717, 1.165) is 10.3 Å². The van der Waals surface area contributed by atoms with E-state index in [1.54, 1.807) is 44.5 Å². The summed E-state index contributed by atoms with van der Waals surface area (Å²) in [5.74, 6) is -0.645. The topological polar surface area (TPSA) is 127 Å². The summed E-state index contributed by atoms with van der Waals surface area (Å²) in [4.78, 5) is 47.5. The molecule has 3 amide bonds. The first-order valence-corrected chi connectivity index (χ1v) is 15.3. The van der Waals surface area contributed by atoms with Crippen LogP contribution < -0.4 is 20.3 Å². The second kappa shape index (κ2) is 18.8. The number of methoxy groups -OCH3 is 1. The SMILES string of the molecule is COCCCNC(=O)c1ccc(/C=C/C(=O)NCC(=O)N(C)c2ccc(Cl)c(COc3cccn4c(Br)c(C)nc34)c2Cl)cn1.Cl.Cl. The Hall–Kier alpha value is -3.39. The number of likely N-dealkylation sites (N-methyl/N-ethyl adjacent to an activating group) is 1. The number of nitrogens with one attached hydrogen (secondary N) is 2. The van der Waals surface area contributed by atoms with Gasteiger partial charge in [-0.1, -0.05) is 29.3 Å². The van der Waals surface area contributed by atoms with Crippen molar-refractivity contribution in [1.82, 2.24) is 25.0 Å². The summed E-state index contributed by atoms with van der Waals surface area (Å²) >= 11 is 16.7. The molecule has 0 bridgehead atoms. The van der Waals surface area contributed by atoms with E-state index < -0.39 is 11.8 Å². The molecule has 0 aliphatic rings. The maximum Gasteiger partial charge on any atom is 0.269 e. The van der Waals surface area contributed by atoms with Crippen molar-refractivity contribution in [3.8, 4) is 5.75 Å². The molecule has 0 aliphatic heterocycles. The van der Waals surface area contributed by atoms with Gasteiger partial charge in [0.15, 0.2) is 11.4 Å². The summed E-state index contributed by atoms with van der Waals surface area (Å²) in [5.41, 5.74) is 3.22. The van der Waals surface area contributed by atoms with Gasteiger partial charge in [0, 0.05) is 56.4 Å². The average Bonchev–Trinajstić information content (AvgIpc) is 3.34. The van der Waals surface area contributed by atoms with Crippen LogP contribution in [-0.4, -0.2) is 65.9 Å². The first kappa shape index (κ1) is 39.8. The zero-order valence-electron chi connectivity index (χ0n) is 25.6. The van der Waals surface area contributed by atoms with Crippen LogP contribution in [0.3, 0.4) is 0 Å². The average molecular weight is 791 g/mol. The molecule has 1 aromatic carbocycles. The van der Waals surface area contributed by atoms with E-state index in [1.165, 1.54) is 23.2 Å². The number of aromatic nitrogens is 3. The quantitative estimate of drug-likeness (QED) is 0.124. The normalized spacial score (nSPS) is 10.7. The van der Waals surface area contributed by atoms with E-state index in [-0.39, 0.29) is 54.6 Å². The molecule has 4 aromatic rings. The molecule has 3 aromatic heterocycles. The largest absolute Gasteiger partial charge is 0.485 e. The van der Waals surface area contributed by atoms with Crippen LogP contribution in [0.15, 0.2) is 59.5 Å². The molecule has 0 saturated carbocycles. The number of pyridine rings is 2. The van der Waals surface area contributed by atoms with Crippen LogP contribution in [0.2, 0.25) is 10.0 Å². The summed E-state index contributed by atoms with van der Waals surface area (Å²) in [5, 5.41) is 5.94. The number of hydrogen-bond donors (Lipinski definition) is 2. The molecule has 252 valence electrons. The number of nitrogens with zero attached hydrogens (tertiary/aromatic N) is 4. The molecule has 0 saturated heterocycles. The van der Waals surface area contributed by atoms with Crippen LogP contribution in [0.5, 0.6) is 5.75 Å². The standard InChI is InChI=1S/C31H31BrCl2N6O5.2ClH/c1-19-29(32)40-14-4-6-25(30(40)38-19)45-18-21-22(33)9-11-24(28(21)34)39(2)27(42)17-37-26(41)12-8-20-7-10-23(36-16-20)31(43)35-13-5-15-44-3;;/h4,6-12,14,16H,5,13,15,17-18H2,1-3H3,(H,35,43)(H,37,41);2*1H/b12-8+;;. The van der Waals surface area contributed by atoms with Gasteiger partial charge in [0.05, 0.1) is 22.9 Å². The molecule has 0 spiro atoms. The van der Waals surface area contributed by atoms with Gasteiger partial charge in [0.2, 0.25) is 11.8 Å². The van der Waals surface area contributed by atoms with Crippen molar-refractivity contribution in [3.05, 3.63) is 92.0 Å². The third-order valence-electron chi connectivity index (χ3n) is 6.66. The molecule has 0 aliphatic carbocycles. The number of benzene rings is 1. The van der Waals surface area contributed by atoms with E-state index in [9.17, 15) is 14.4 Å². The van der Waals surface area contributed by atoms with Gasteiger partial charge >= 0.3 is 0 Å². The van der Waals surface area contributed by atoms with Gasteiger partial charge in [0.25, 0.3) is 5.91 Å². The predicted molar refractivity (Wildman–Crippen MR) is 191 cm³/mol. The molecular formula is C31H33BrCl4N6O5. The van der Waals surface area contributed by atoms with Crippen molar-refractivity contribution in [1.29, 1.82) is 0 Å². The minimum absolute atomic E-state index is 0. The van der Waals surface area contributed by atoms with Crippen molar-refractivity contribution in [2.75, 3.05) is 38.8 Å². The van der Waals surface area contributed by atoms with Crippen LogP contribution in [0.1, 0.15) is 33.7 Å². The van der Waals surface area contributed by atoms with Gasteiger partial charge in [-0.05, 0) is 71.2 Å². The van der Waals surface area contributed by atoms with Gasteiger partial charge in [-0.15, -0.1) is 24.8 Å². The molecule has 3 heterocycles. The Morgan fingerprint density at radius 1 is 1.11 bits per heavy atom. The lowest BCUT2D eigenvalue weighted by Crippen LogP contribution is -2.37. The number of imidazole rings is 1. The van der Waals surface area contributed by atoms with Crippen LogP contribution in [0, 0.1) is 6.92 Å². The summed E-state index contributed by atoms with van der Waals surface area (Å²) in [6.45, 7) is 2.67. The number of anilines is 1. The smallest absolute Gasteiger partial charge is 0.269 e. The lowest BCUT2D eigenvalue weighted by Gasteiger charge is -2.21. The zero-order chi connectivity index (χ0) is 32.5. The van der Waals surface area contributed by atoms with Crippen molar-refractivity contribution in [2.24, 2.45) is 0 Å². The molecule has 0 fully saturated rings. The molecule has 0 atom stereocenters. The molecule has 16 heteroatoms. The summed E-state index contributed by atoms with van der Waals surface area (Å²) in [6.07, 6.45) is 6.85. The molecular weight excluding hydrogens is 758 g/mol. The van der Waals surface area contributed by atoms with Crippen molar-refractivity contribution < 1.29 is 23.9 Å². The lowest BCUT2D eigenvalue weighted by molar-refractivity contribution is -0.122. The number of hydrogen-bond acceptors (Lipinski definition) is 7. The number of ether oxygens (including phenoxy) is 2. The third kappa shape index (κ3) is 10.3. The lowest BCUT2D eigenvalue weighted by atomic mass is 10.2. The predicted octanol–water partition coefficient (Wildman–Crippen LogP) is 6.09. The minimum Gasteiger partial charge on any atom is -0.485 e. The first-order valence-electron chi connectivity index (χ1n) is 13.8. The van der Waals surface area contributed by atoms with E-state index in [0.29, 0.717) is 52.8 Å². The number of fused-ring (bicyclic) bond motifs is 1. The monoisotopic (exact) mass is 788 g/mol. The highest BCUT2D eigenvalue weighted by molar-refractivity contribution is 9.10. The van der Waals surface area contributed by atoms with Gasteiger partial charge < -0.3 is 25.0 Å². The maximum atomic E-state index is 12.9. The zero-order valence-corrected chi connectivity index (χ0v) is 30.3. The van der Waals surface area contributed by atoms with Crippen LogP contribution in [0.4, 0.5) is 5.69 Å². The van der Waals surface area contributed by atoms with Crippen molar-refractivity contribution in [3.63, 3.8) is 0 Å². The number of aryl methyl sites for hydroxylation is 1. The Morgan fingerprint density at radius 2 is 1.87 bits per heavy atom. The van der Waals surface area contributed by atoms with E-state index in [2.05, 4.69) is 36.5 Å². The Labute approximate surface area is 303 Å². The summed E-state index contributed by atoms with van der Waals surface area (Å²) in [7, 11) is 3.15. The Kier molecular flexibility index (Phi) is 15.9. The van der Waals surface area contributed by atoms with Gasteiger partial charge in [-0.2, -0.15) is 0 Å². The summed E-state index contributed by atoms with van der Waals surface area (Å²) in [6, 6.07) is 10.1. The fourth-order valence-corrected chi connectivity index (χ4v) is 5.14. The third-order valence-corrected chi connectivity index (χ3v) is 8.39. The number of carbonyl (C=O) groups is 3. The van der Waals surface area contributed by atoms with Crippen molar-refractivity contribution >= 4 is 99.1 Å². The highest BCUT2D eigenvalue weighted by atomic mass is 79.9. The number of rotatable bonds is 13. The fraction of sp³-hybridized carbons (Fsp3) is 0.258. The van der Waals surface area contributed by atoms with E-state index >= 15 is 0 Å². The summed E-state index contributed by atoms with van der Waals surface area (Å²) < 4.78 is 13.7. The number of halogens is 5. The van der Waals surface area contributed by atoms with E-state index in [1.807, 2.05) is 23.6 Å². The molecule has 4 rings (SSSR count). The first-order chi connectivity index (χ1) is 21.6. The Morgan fingerprint density at radius 3 is 2.57 bits per heavy atom. The minimum atomic E-state index is -0.483. The highest BCUT2D eigenvalue weighted by Gasteiger charge is 2.20. The molecule has 0 unspecified atom stereocenters. The van der Waals surface area contributed by atoms with Gasteiger partial charge in [0.1, 0.15) is 16.9 Å². The second-order valence-electron chi connectivity index (χ2n) is 9.78. The van der Waals surface area contributed by atoms with E-state index in [4.69, 9.17) is 32.7 Å². The van der Waals surface area contributed by atoms with Crippen LogP contribution >= 0.6 is 63.9 Å². The molecule has 11 nitrogen and oxygen atoms in total. The number of amides is 3. The maximum absolute atomic E-state index is 12.9. The van der Waals surface area contributed by atoms with Crippen molar-refractivity contribution in [2.45, 2.75) is 20.0 Å². The molecule has 47 heavy (non-hydrogen) atoms. The Balaban J connectivity index is 0.00000384. The number of carbonyl (C=O) groups excluding carboxylic acids is 3. The Bertz CT molecular complexity index is 1740.